The summed E-state index contributed by atoms with van der Waals surface area (Å²) >= 11 is 1.27. The zero-order valence-corrected chi connectivity index (χ0v) is 21.5. The first-order valence-electron chi connectivity index (χ1n) is 12.3. The molecule has 10 heteroatoms. The highest BCUT2D eigenvalue weighted by Crippen LogP contribution is 2.35. The Hall–Kier alpha value is -4.96. The van der Waals surface area contributed by atoms with E-state index in [1.807, 2.05) is 95.8 Å². The highest BCUT2D eigenvalue weighted by molar-refractivity contribution is 7.15. The summed E-state index contributed by atoms with van der Waals surface area (Å²) in [6.07, 6.45) is 3.26. The molecule has 9 nitrogen and oxygen atoms in total. The summed E-state index contributed by atoms with van der Waals surface area (Å²) in [6.45, 7) is 0.270. The third-order valence-corrected chi connectivity index (χ3v) is 7.37. The highest BCUT2D eigenvalue weighted by Gasteiger charge is 2.27. The Bertz CT molecular complexity index is 1910. The number of ether oxygens (including phenoxy) is 3. The minimum Gasteiger partial charge on any atom is -0.497 e. The molecule has 0 saturated carbocycles. The molecule has 0 bridgehead atoms. The Labute approximate surface area is 226 Å². The monoisotopic (exact) mass is 535 g/mol. The number of para-hydroxylation sites is 3. The predicted molar refractivity (Wildman–Crippen MR) is 147 cm³/mol. The van der Waals surface area contributed by atoms with Crippen LogP contribution in [0, 0.1) is 0 Å². The van der Waals surface area contributed by atoms with Crippen molar-refractivity contribution < 1.29 is 14.2 Å². The highest BCUT2D eigenvalue weighted by atomic mass is 32.1. The average Bonchev–Trinajstić information content (AvgIpc) is 3.68. The van der Waals surface area contributed by atoms with Crippen molar-refractivity contribution in [3.8, 4) is 34.2 Å². The minimum absolute atomic E-state index is 0.251. The fraction of sp³-hybridized carbons (Fsp3) is 0.103. The van der Waals surface area contributed by atoms with E-state index in [4.69, 9.17) is 19.3 Å². The molecular formula is C29H21N5O4S. The third kappa shape index (κ3) is 4.20. The molecule has 7 rings (SSSR count). The van der Waals surface area contributed by atoms with E-state index < -0.39 is 6.10 Å². The second-order valence-electron chi connectivity index (χ2n) is 8.89. The van der Waals surface area contributed by atoms with Crippen LogP contribution in [-0.2, 0) is 0 Å². The number of methoxy groups -OCH3 is 1. The maximum absolute atomic E-state index is 13.4. The summed E-state index contributed by atoms with van der Waals surface area (Å²) < 4.78 is 20.8. The van der Waals surface area contributed by atoms with Crippen molar-refractivity contribution in [3.05, 3.63) is 111 Å². The number of aromatic nitrogens is 5. The standard InChI is InChI=1S/C29H21N5O4S/c1-36-21-13-11-18(12-14-21)26-19(16-33(31-26)20-7-3-2-4-8-20)15-25-28(35)34-29(39-25)30-27(32-34)24-17-37-22-9-5-6-10-23(22)38-24/h2-16,24H,17H2,1H3. The zero-order chi connectivity index (χ0) is 26.3. The minimum atomic E-state index is -0.496. The van der Waals surface area contributed by atoms with E-state index in [2.05, 4.69) is 10.1 Å². The molecule has 39 heavy (non-hydrogen) atoms. The van der Waals surface area contributed by atoms with Crippen molar-refractivity contribution in [2.45, 2.75) is 6.10 Å². The molecule has 192 valence electrons. The van der Waals surface area contributed by atoms with E-state index in [-0.39, 0.29) is 12.2 Å². The summed E-state index contributed by atoms with van der Waals surface area (Å²) in [7, 11) is 1.63. The lowest BCUT2D eigenvalue weighted by molar-refractivity contribution is 0.0852. The van der Waals surface area contributed by atoms with Gasteiger partial charge in [0.25, 0.3) is 5.56 Å². The van der Waals surface area contributed by atoms with Crippen LogP contribution in [0.2, 0.25) is 0 Å². The molecule has 0 fully saturated rings. The summed E-state index contributed by atoms with van der Waals surface area (Å²) in [5.41, 5.74) is 3.11. The van der Waals surface area contributed by atoms with Gasteiger partial charge in [0.2, 0.25) is 4.96 Å². The summed E-state index contributed by atoms with van der Waals surface area (Å²) in [5.74, 6) is 2.48. The molecule has 1 aliphatic heterocycles. The zero-order valence-electron chi connectivity index (χ0n) is 20.7. The maximum atomic E-state index is 13.4. The molecule has 0 radical (unpaired) electrons. The Balaban J connectivity index is 1.28. The second kappa shape index (κ2) is 9.41. The summed E-state index contributed by atoms with van der Waals surface area (Å²) in [4.78, 5) is 18.4. The van der Waals surface area contributed by atoms with Gasteiger partial charge in [-0.3, -0.25) is 4.79 Å². The molecular weight excluding hydrogens is 514 g/mol. The van der Waals surface area contributed by atoms with Gasteiger partial charge in [0.05, 0.1) is 17.3 Å². The van der Waals surface area contributed by atoms with Crippen LogP contribution in [0.5, 0.6) is 17.2 Å². The Morgan fingerprint density at radius 3 is 2.51 bits per heavy atom. The van der Waals surface area contributed by atoms with Crippen LogP contribution in [0.1, 0.15) is 17.5 Å². The van der Waals surface area contributed by atoms with Crippen LogP contribution < -0.4 is 24.3 Å². The van der Waals surface area contributed by atoms with Crippen molar-refractivity contribution in [3.63, 3.8) is 0 Å². The summed E-state index contributed by atoms with van der Waals surface area (Å²) in [5, 5.41) is 9.31. The van der Waals surface area contributed by atoms with E-state index in [9.17, 15) is 4.79 Å². The van der Waals surface area contributed by atoms with Crippen LogP contribution in [0.25, 0.3) is 28.0 Å². The first-order valence-corrected chi connectivity index (χ1v) is 13.1. The Morgan fingerprint density at radius 2 is 1.74 bits per heavy atom. The molecule has 0 saturated heterocycles. The number of hydrogen-bond donors (Lipinski definition) is 0. The third-order valence-electron chi connectivity index (χ3n) is 6.41. The quantitative estimate of drug-likeness (QED) is 0.329. The molecule has 0 amide bonds. The van der Waals surface area contributed by atoms with E-state index in [1.54, 1.807) is 7.11 Å². The number of nitrogens with zero attached hydrogens (tertiary/aromatic N) is 5. The molecule has 1 aliphatic rings. The van der Waals surface area contributed by atoms with Crippen LogP contribution in [0.3, 0.4) is 0 Å². The van der Waals surface area contributed by atoms with E-state index in [0.29, 0.717) is 26.8 Å². The van der Waals surface area contributed by atoms with Gasteiger partial charge < -0.3 is 14.2 Å². The first-order chi connectivity index (χ1) is 19.2. The molecule has 3 aromatic heterocycles. The predicted octanol–water partition coefficient (Wildman–Crippen LogP) is 4.07. The normalized spacial score (nSPS) is 15.1. The van der Waals surface area contributed by atoms with Gasteiger partial charge in [0.15, 0.2) is 23.4 Å². The van der Waals surface area contributed by atoms with Crippen LogP contribution >= 0.6 is 11.3 Å². The van der Waals surface area contributed by atoms with Crippen molar-refractivity contribution in [2.24, 2.45) is 0 Å². The lowest BCUT2D eigenvalue weighted by atomic mass is 10.1. The van der Waals surface area contributed by atoms with Crippen molar-refractivity contribution in [1.82, 2.24) is 24.4 Å². The second-order valence-corrected chi connectivity index (χ2v) is 9.90. The first kappa shape index (κ1) is 23.2. The van der Waals surface area contributed by atoms with Crippen LogP contribution in [0.15, 0.2) is 89.9 Å². The van der Waals surface area contributed by atoms with Gasteiger partial charge in [0.1, 0.15) is 18.1 Å². The van der Waals surface area contributed by atoms with E-state index in [1.165, 1.54) is 15.9 Å². The van der Waals surface area contributed by atoms with E-state index in [0.717, 1.165) is 28.3 Å². The number of rotatable bonds is 5. The van der Waals surface area contributed by atoms with Gasteiger partial charge >= 0.3 is 0 Å². The maximum Gasteiger partial charge on any atom is 0.291 e. The van der Waals surface area contributed by atoms with Crippen LogP contribution in [-0.4, -0.2) is 38.1 Å². The van der Waals surface area contributed by atoms with Gasteiger partial charge in [0, 0.05) is 17.3 Å². The molecule has 1 unspecified atom stereocenters. The number of thiazole rings is 1. The molecule has 0 N–H and O–H groups in total. The number of benzene rings is 3. The topological polar surface area (TPSA) is 92.8 Å². The lowest BCUT2D eigenvalue weighted by Crippen LogP contribution is -2.26. The van der Waals surface area contributed by atoms with Crippen molar-refractivity contribution in [2.75, 3.05) is 13.7 Å². The Morgan fingerprint density at radius 1 is 0.974 bits per heavy atom. The van der Waals surface area contributed by atoms with Crippen LogP contribution in [0.4, 0.5) is 0 Å². The SMILES string of the molecule is COc1ccc(-c2nn(-c3ccccc3)cc2C=c2sc3nc(C4COc5ccccc5O4)nn3c2=O)cc1. The fourth-order valence-corrected chi connectivity index (χ4v) is 5.36. The van der Waals surface area contributed by atoms with Gasteiger partial charge in [-0.2, -0.15) is 14.6 Å². The van der Waals surface area contributed by atoms with Gasteiger partial charge in [-0.25, -0.2) is 4.68 Å². The fourth-order valence-electron chi connectivity index (χ4n) is 4.45. The number of fused-ring (bicyclic) bond motifs is 2. The Kier molecular flexibility index (Phi) is 5.59. The van der Waals surface area contributed by atoms with Crippen molar-refractivity contribution in [1.29, 1.82) is 0 Å². The summed E-state index contributed by atoms with van der Waals surface area (Å²) in [6, 6.07) is 25.0. The molecule has 0 aliphatic carbocycles. The van der Waals surface area contributed by atoms with Gasteiger partial charge in [-0.1, -0.05) is 41.7 Å². The van der Waals surface area contributed by atoms with Crippen molar-refractivity contribution >= 4 is 22.4 Å². The molecule has 6 aromatic rings. The molecule has 0 spiro atoms. The van der Waals surface area contributed by atoms with E-state index >= 15 is 0 Å². The average molecular weight is 536 g/mol. The largest absolute Gasteiger partial charge is 0.497 e. The van der Waals surface area contributed by atoms with Gasteiger partial charge in [-0.15, -0.1) is 5.10 Å². The molecule has 4 heterocycles. The molecule has 1 atom stereocenters. The molecule has 3 aromatic carbocycles. The smallest absolute Gasteiger partial charge is 0.291 e. The lowest BCUT2D eigenvalue weighted by Gasteiger charge is -2.24. The van der Waals surface area contributed by atoms with Gasteiger partial charge in [-0.05, 0) is 54.6 Å². The number of hydrogen-bond acceptors (Lipinski definition) is 8.